The van der Waals surface area contributed by atoms with Crippen LogP contribution in [0.3, 0.4) is 0 Å². The van der Waals surface area contributed by atoms with E-state index >= 15 is 0 Å². The van der Waals surface area contributed by atoms with Gasteiger partial charge in [0.15, 0.2) is 0 Å². The van der Waals surface area contributed by atoms with E-state index in [9.17, 15) is 9.18 Å². The van der Waals surface area contributed by atoms with Crippen LogP contribution in [0.1, 0.15) is 16.1 Å². The Labute approximate surface area is 152 Å². The fraction of sp³-hybridized carbons (Fsp3) is 0.143. The second-order valence-corrected chi connectivity index (χ2v) is 5.93. The van der Waals surface area contributed by atoms with E-state index in [0.717, 1.165) is 16.9 Å². The molecule has 1 N–H and O–H groups in total. The predicted molar refractivity (Wildman–Crippen MR) is 101 cm³/mol. The molecule has 0 bridgehead atoms. The van der Waals surface area contributed by atoms with Gasteiger partial charge in [-0.2, -0.15) is 0 Å². The highest BCUT2D eigenvalue weighted by Gasteiger charge is 2.10. The Kier molecular flexibility index (Phi) is 5.59. The third kappa shape index (κ3) is 4.45. The van der Waals surface area contributed by atoms with Crippen molar-refractivity contribution in [1.82, 2.24) is 10.3 Å². The maximum atomic E-state index is 12.9. The molecular weight excluding hydrogens is 329 g/mol. The minimum absolute atomic E-state index is 0.226. The molecule has 0 radical (unpaired) electrons. The number of rotatable bonds is 6. The van der Waals surface area contributed by atoms with Crippen LogP contribution in [0.25, 0.3) is 0 Å². The summed E-state index contributed by atoms with van der Waals surface area (Å²) in [6, 6.07) is 19.8. The van der Waals surface area contributed by atoms with E-state index in [1.54, 1.807) is 24.4 Å². The Morgan fingerprint density at radius 1 is 1.04 bits per heavy atom. The van der Waals surface area contributed by atoms with Crippen molar-refractivity contribution in [3.8, 4) is 0 Å². The van der Waals surface area contributed by atoms with Crippen LogP contribution in [0.15, 0.2) is 72.9 Å². The van der Waals surface area contributed by atoms with Crippen molar-refractivity contribution in [2.24, 2.45) is 0 Å². The standard InChI is InChI=1S/C21H20FN3O/c1-25(18-5-3-2-4-6-18)19-12-14-23-20(15-19)21(26)24-13-11-16-7-9-17(22)10-8-16/h2-10,12,14-15H,11,13H2,1H3,(H,24,26). The van der Waals surface area contributed by atoms with Gasteiger partial charge in [-0.3, -0.25) is 9.78 Å². The molecule has 0 fully saturated rings. The van der Waals surface area contributed by atoms with Gasteiger partial charge in [-0.15, -0.1) is 0 Å². The number of anilines is 2. The first-order valence-electron chi connectivity index (χ1n) is 8.41. The minimum atomic E-state index is -0.263. The summed E-state index contributed by atoms with van der Waals surface area (Å²) in [4.78, 5) is 18.5. The van der Waals surface area contributed by atoms with Crippen LogP contribution in [0.5, 0.6) is 0 Å². The Morgan fingerprint density at radius 2 is 1.77 bits per heavy atom. The predicted octanol–water partition coefficient (Wildman–Crippen LogP) is 3.96. The van der Waals surface area contributed by atoms with Gasteiger partial charge >= 0.3 is 0 Å². The Morgan fingerprint density at radius 3 is 2.50 bits per heavy atom. The lowest BCUT2D eigenvalue weighted by Crippen LogP contribution is -2.26. The van der Waals surface area contributed by atoms with E-state index < -0.39 is 0 Å². The maximum Gasteiger partial charge on any atom is 0.269 e. The van der Waals surface area contributed by atoms with Crippen LogP contribution in [-0.2, 0) is 6.42 Å². The van der Waals surface area contributed by atoms with E-state index in [1.165, 1.54) is 12.1 Å². The minimum Gasteiger partial charge on any atom is -0.350 e. The van der Waals surface area contributed by atoms with Crippen molar-refractivity contribution in [1.29, 1.82) is 0 Å². The monoisotopic (exact) mass is 349 g/mol. The van der Waals surface area contributed by atoms with Gasteiger partial charge in [0.1, 0.15) is 11.5 Å². The van der Waals surface area contributed by atoms with E-state index in [4.69, 9.17) is 0 Å². The lowest BCUT2D eigenvalue weighted by atomic mass is 10.1. The normalized spacial score (nSPS) is 10.4. The van der Waals surface area contributed by atoms with Crippen molar-refractivity contribution >= 4 is 17.3 Å². The molecule has 0 atom stereocenters. The van der Waals surface area contributed by atoms with E-state index in [0.29, 0.717) is 18.7 Å². The van der Waals surface area contributed by atoms with Gasteiger partial charge in [-0.05, 0) is 48.4 Å². The fourth-order valence-electron chi connectivity index (χ4n) is 2.61. The molecule has 2 aromatic carbocycles. The average Bonchev–Trinajstić information content (AvgIpc) is 2.69. The molecular formula is C21H20FN3O. The average molecular weight is 349 g/mol. The third-order valence-corrected chi connectivity index (χ3v) is 4.12. The first-order valence-corrected chi connectivity index (χ1v) is 8.41. The quantitative estimate of drug-likeness (QED) is 0.733. The van der Waals surface area contributed by atoms with Crippen LogP contribution >= 0.6 is 0 Å². The summed E-state index contributed by atoms with van der Waals surface area (Å²) in [6.07, 6.45) is 2.26. The molecule has 132 valence electrons. The summed E-state index contributed by atoms with van der Waals surface area (Å²) in [5.74, 6) is -0.489. The topological polar surface area (TPSA) is 45.2 Å². The summed E-state index contributed by atoms with van der Waals surface area (Å²) in [7, 11) is 1.95. The summed E-state index contributed by atoms with van der Waals surface area (Å²) < 4.78 is 12.9. The second kappa shape index (κ2) is 8.25. The lowest BCUT2D eigenvalue weighted by molar-refractivity contribution is 0.0949. The molecule has 0 saturated heterocycles. The van der Waals surface area contributed by atoms with Crippen LogP contribution in [0.4, 0.5) is 15.8 Å². The summed E-state index contributed by atoms with van der Waals surface area (Å²) in [5.41, 5.74) is 3.25. The van der Waals surface area contributed by atoms with Gasteiger partial charge < -0.3 is 10.2 Å². The van der Waals surface area contributed by atoms with Crippen molar-refractivity contribution in [3.63, 3.8) is 0 Å². The molecule has 1 aromatic heterocycles. The van der Waals surface area contributed by atoms with Crippen molar-refractivity contribution in [2.75, 3.05) is 18.5 Å². The molecule has 0 unspecified atom stereocenters. The second-order valence-electron chi connectivity index (χ2n) is 5.93. The fourth-order valence-corrected chi connectivity index (χ4v) is 2.61. The zero-order valence-electron chi connectivity index (χ0n) is 14.5. The summed E-state index contributed by atoms with van der Waals surface area (Å²) in [6.45, 7) is 0.463. The SMILES string of the molecule is CN(c1ccccc1)c1ccnc(C(=O)NCCc2ccc(F)cc2)c1. The lowest BCUT2D eigenvalue weighted by Gasteiger charge is -2.19. The van der Waals surface area contributed by atoms with E-state index in [2.05, 4.69) is 10.3 Å². The summed E-state index contributed by atoms with van der Waals surface area (Å²) in [5, 5.41) is 2.85. The molecule has 0 saturated carbocycles. The van der Waals surface area contributed by atoms with Gasteiger partial charge in [0, 0.05) is 31.2 Å². The number of amides is 1. The van der Waals surface area contributed by atoms with Gasteiger partial charge in [0.25, 0.3) is 5.91 Å². The first-order chi connectivity index (χ1) is 12.6. The number of aromatic nitrogens is 1. The van der Waals surface area contributed by atoms with Gasteiger partial charge in [0.05, 0.1) is 0 Å². The van der Waals surface area contributed by atoms with Crippen molar-refractivity contribution in [3.05, 3.63) is 90.0 Å². The first kappa shape index (κ1) is 17.6. The highest BCUT2D eigenvalue weighted by Crippen LogP contribution is 2.22. The highest BCUT2D eigenvalue weighted by molar-refractivity contribution is 5.93. The number of benzene rings is 2. The Hall–Kier alpha value is -3.21. The molecule has 3 aromatic rings. The van der Waals surface area contributed by atoms with Gasteiger partial charge in [0.2, 0.25) is 0 Å². The molecule has 1 amide bonds. The number of pyridine rings is 1. The van der Waals surface area contributed by atoms with Gasteiger partial charge in [-0.25, -0.2) is 4.39 Å². The Balaban J connectivity index is 1.62. The number of carbonyl (C=O) groups excluding carboxylic acids is 1. The molecule has 4 nitrogen and oxygen atoms in total. The molecule has 0 spiro atoms. The van der Waals surface area contributed by atoms with Crippen LogP contribution in [0, 0.1) is 5.82 Å². The Bertz CT molecular complexity index is 866. The molecule has 3 rings (SSSR count). The number of hydrogen-bond acceptors (Lipinski definition) is 3. The number of hydrogen-bond donors (Lipinski definition) is 1. The van der Waals surface area contributed by atoms with Crippen molar-refractivity contribution < 1.29 is 9.18 Å². The van der Waals surface area contributed by atoms with Crippen LogP contribution in [0.2, 0.25) is 0 Å². The molecule has 0 aliphatic heterocycles. The van der Waals surface area contributed by atoms with Crippen LogP contribution in [-0.4, -0.2) is 24.5 Å². The smallest absolute Gasteiger partial charge is 0.269 e. The molecule has 0 aliphatic carbocycles. The largest absolute Gasteiger partial charge is 0.350 e. The van der Waals surface area contributed by atoms with Gasteiger partial charge in [-0.1, -0.05) is 30.3 Å². The maximum absolute atomic E-state index is 12.9. The zero-order valence-corrected chi connectivity index (χ0v) is 14.5. The molecule has 0 aliphatic rings. The highest BCUT2D eigenvalue weighted by atomic mass is 19.1. The van der Waals surface area contributed by atoms with E-state index in [1.807, 2.05) is 48.3 Å². The molecule has 5 heteroatoms. The number of halogens is 1. The number of nitrogens with one attached hydrogen (secondary N) is 1. The van der Waals surface area contributed by atoms with Crippen molar-refractivity contribution in [2.45, 2.75) is 6.42 Å². The number of nitrogens with zero attached hydrogens (tertiary/aromatic N) is 2. The van der Waals surface area contributed by atoms with E-state index in [-0.39, 0.29) is 11.7 Å². The third-order valence-electron chi connectivity index (χ3n) is 4.12. The zero-order chi connectivity index (χ0) is 18.4. The number of carbonyl (C=O) groups is 1. The molecule has 26 heavy (non-hydrogen) atoms. The van der Waals surface area contributed by atoms with Crippen LogP contribution < -0.4 is 10.2 Å². The number of para-hydroxylation sites is 1. The summed E-state index contributed by atoms with van der Waals surface area (Å²) >= 11 is 0. The molecule has 1 heterocycles.